The van der Waals surface area contributed by atoms with E-state index in [9.17, 15) is 14.3 Å². The van der Waals surface area contributed by atoms with Crippen LogP contribution in [0.4, 0.5) is 11.4 Å². The summed E-state index contributed by atoms with van der Waals surface area (Å²) in [5.74, 6) is 0.390. The van der Waals surface area contributed by atoms with E-state index < -0.39 is 15.7 Å². The molecule has 2 N–H and O–H groups in total. The Bertz CT molecular complexity index is 689. The summed E-state index contributed by atoms with van der Waals surface area (Å²) < 4.78 is 12.2. The summed E-state index contributed by atoms with van der Waals surface area (Å²) in [5.41, 5.74) is 7.05. The number of nitrogens with two attached hydrogens (primary N) is 1. The molecule has 7 heteroatoms. The zero-order chi connectivity index (χ0) is 15.4. The Labute approximate surface area is 129 Å². The van der Waals surface area contributed by atoms with Gasteiger partial charge in [0.15, 0.2) is 0 Å². The Morgan fingerprint density at radius 2 is 1.86 bits per heavy atom. The van der Waals surface area contributed by atoms with Crippen molar-refractivity contribution < 1.29 is 9.13 Å². The predicted molar refractivity (Wildman–Crippen MR) is 83.9 cm³/mol. The fourth-order valence-corrected chi connectivity index (χ4v) is 3.39. The van der Waals surface area contributed by atoms with Crippen molar-refractivity contribution in [3.8, 4) is 0 Å². The highest BCUT2D eigenvalue weighted by atomic mass is 35.5. The van der Waals surface area contributed by atoms with Crippen molar-refractivity contribution >= 4 is 33.8 Å². The van der Waals surface area contributed by atoms with E-state index in [4.69, 9.17) is 17.3 Å². The van der Waals surface area contributed by atoms with Crippen LogP contribution in [0.3, 0.4) is 0 Å². The van der Waals surface area contributed by atoms with Gasteiger partial charge >= 0.3 is 0 Å². The smallest absolute Gasteiger partial charge is 0.269 e. The number of non-ortho nitro benzene ring substituents is 1. The third-order valence-electron chi connectivity index (χ3n) is 2.92. The second-order valence-electron chi connectivity index (χ2n) is 4.41. The lowest BCUT2D eigenvalue weighted by Gasteiger charge is -2.06. The highest BCUT2D eigenvalue weighted by molar-refractivity contribution is 7.85. The molecule has 21 heavy (non-hydrogen) atoms. The molecule has 110 valence electrons. The number of benzene rings is 2. The lowest BCUT2D eigenvalue weighted by Crippen LogP contribution is -2.03. The number of nitrogen functional groups attached to an aromatic ring is 1. The van der Waals surface area contributed by atoms with Crippen LogP contribution in [-0.4, -0.2) is 14.9 Å². The molecule has 0 amide bonds. The third kappa shape index (κ3) is 4.03. The first-order valence-electron chi connectivity index (χ1n) is 6.14. The van der Waals surface area contributed by atoms with E-state index in [1.54, 1.807) is 30.3 Å². The van der Waals surface area contributed by atoms with Gasteiger partial charge in [0.25, 0.3) is 5.69 Å². The molecule has 0 aliphatic carbocycles. The van der Waals surface area contributed by atoms with Crippen LogP contribution in [-0.2, 0) is 17.2 Å². The van der Waals surface area contributed by atoms with Gasteiger partial charge in [0.05, 0.1) is 25.6 Å². The van der Waals surface area contributed by atoms with Gasteiger partial charge in [-0.15, -0.1) is 0 Å². The van der Waals surface area contributed by atoms with Crippen molar-refractivity contribution in [2.75, 3.05) is 11.5 Å². The van der Waals surface area contributed by atoms with Gasteiger partial charge in [-0.25, -0.2) is 0 Å². The van der Waals surface area contributed by atoms with Crippen molar-refractivity contribution in [3.63, 3.8) is 0 Å². The number of halogens is 1. The maximum Gasteiger partial charge on any atom is 0.269 e. The highest BCUT2D eigenvalue weighted by Crippen LogP contribution is 2.23. The Morgan fingerprint density at radius 1 is 1.19 bits per heavy atom. The minimum Gasteiger partial charge on any atom is -0.399 e. The summed E-state index contributed by atoms with van der Waals surface area (Å²) in [5, 5.41) is 10.9. The van der Waals surface area contributed by atoms with Crippen molar-refractivity contribution in [1.82, 2.24) is 0 Å². The summed E-state index contributed by atoms with van der Waals surface area (Å²) in [6.45, 7) is 0. The first-order valence-corrected chi connectivity index (χ1v) is 7.84. The molecule has 2 aromatic carbocycles. The van der Waals surface area contributed by atoms with Crippen LogP contribution in [0.2, 0.25) is 5.02 Å². The number of rotatable bonds is 5. The number of nitro groups is 1. The monoisotopic (exact) mass is 324 g/mol. The Kier molecular flexibility index (Phi) is 4.93. The van der Waals surface area contributed by atoms with Crippen molar-refractivity contribution in [3.05, 3.63) is 63.2 Å². The molecule has 1 atom stereocenters. The molecule has 0 heterocycles. The van der Waals surface area contributed by atoms with Gasteiger partial charge < -0.3 is 5.73 Å². The Morgan fingerprint density at radius 3 is 2.43 bits per heavy atom. The van der Waals surface area contributed by atoms with E-state index in [1.165, 1.54) is 12.1 Å². The number of aryl methyl sites for hydroxylation is 1. The molecule has 0 saturated carbocycles. The van der Waals surface area contributed by atoms with Gasteiger partial charge in [-0.1, -0.05) is 23.7 Å². The van der Waals surface area contributed by atoms with Gasteiger partial charge in [0, 0.05) is 23.6 Å². The third-order valence-corrected chi connectivity index (χ3v) is 4.77. The Hall–Kier alpha value is -1.92. The summed E-state index contributed by atoms with van der Waals surface area (Å²) in [6.07, 6.45) is 0.547. The van der Waals surface area contributed by atoms with E-state index in [2.05, 4.69) is 0 Å². The van der Waals surface area contributed by atoms with E-state index in [-0.39, 0.29) is 5.69 Å². The normalized spacial score (nSPS) is 12.0. The van der Waals surface area contributed by atoms with Crippen LogP contribution in [0.5, 0.6) is 0 Å². The molecule has 2 aromatic rings. The van der Waals surface area contributed by atoms with Gasteiger partial charge in [-0.3, -0.25) is 14.3 Å². The SMILES string of the molecule is Nc1ccc(S(=O)CCc2ccc([N+](=O)[O-])cc2)c(Cl)c1. The topological polar surface area (TPSA) is 86.2 Å². The standard InChI is InChI=1S/C14H13ClN2O3S/c15-13-9-11(16)3-6-14(13)21(20)8-7-10-1-4-12(5-2-10)17(18)19/h1-6,9H,7-8,16H2. The number of nitrogens with zero attached hydrogens (tertiary/aromatic N) is 1. The molecule has 2 rings (SSSR count). The summed E-state index contributed by atoms with van der Waals surface area (Å²) in [6, 6.07) is 11.1. The van der Waals surface area contributed by atoms with Crippen LogP contribution in [0.15, 0.2) is 47.4 Å². The van der Waals surface area contributed by atoms with Crippen molar-refractivity contribution in [1.29, 1.82) is 0 Å². The minimum absolute atomic E-state index is 0.0430. The van der Waals surface area contributed by atoms with Crippen LogP contribution < -0.4 is 5.73 Å². The van der Waals surface area contributed by atoms with E-state index in [0.29, 0.717) is 27.8 Å². The van der Waals surface area contributed by atoms with Crippen LogP contribution in [0.1, 0.15) is 5.56 Å². The zero-order valence-corrected chi connectivity index (χ0v) is 12.6. The summed E-state index contributed by atoms with van der Waals surface area (Å²) in [7, 11) is -1.24. The Balaban J connectivity index is 2.02. The number of hydrogen-bond acceptors (Lipinski definition) is 4. The van der Waals surface area contributed by atoms with Crippen molar-refractivity contribution in [2.45, 2.75) is 11.3 Å². The lowest BCUT2D eigenvalue weighted by molar-refractivity contribution is -0.384. The number of nitro benzene ring substituents is 1. The largest absolute Gasteiger partial charge is 0.399 e. The van der Waals surface area contributed by atoms with Gasteiger partial charge in [0.2, 0.25) is 0 Å². The second kappa shape index (κ2) is 6.69. The maximum atomic E-state index is 12.2. The van der Waals surface area contributed by atoms with Gasteiger partial charge in [-0.05, 0) is 30.2 Å². The fraction of sp³-hybridized carbons (Fsp3) is 0.143. The first-order chi connectivity index (χ1) is 9.97. The second-order valence-corrected chi connectivity index (χ2v) is 6.36. The highest BCUT2D eigenvalue weighted by Gasteiger charge is 2.10. The maximum absolute atomic E-state index is 12.2. The van der Waals surface area contributed by atoms with Crippen LogP contribution in [0.25, 0.3) is 0 Å². The summed E-state index contributed by atoms with van der Waals surface area (Å²) >= 11 is 6.01. The van der Waals surface area contributed by atoms with E-state index >= 15 is 0 Å². The molecule has 0 saturated heterocycles. The molecule has 0 aliphatic heterocycles. The van der Waals surface area contributed by atoms with Crippen molar-refractivity contribution in [2.24, 2.45) is 0 Å². The van der Waals surface area contributed by atoms with Gasteiger partial charge in [-0.2, -0.15) is 0 Å². The van der Waals surface area contributed by atoms with Crippen LogP contribution in [0, 0.1) is 10.1 Å². The zero-order valence-electron chi connectivity index (χ0n) is 11.0. The number of anilines is 1. The molecule has 1 unspecified atom stereocenters. The average Bonchev–Trinajstić information content (AvgIpc) is 2.45. The molecule has 0 spiro atoms. The molecule has 5 nitrogen and oxygen atoms in total. The molecule has 0 bridgehead atoms. The molecular formula is C14H13ClN2O3S. The fourth-order valence-electron chi connectivity index (χ4n) is 1.81. The predicted octanol–water partition coefficient (Wildman–Crippen LogP) is 3.18. The van der Waals surface area contributed by atoms with E-state index in [0.717, 1.165) is 5.56 Å². The minimum atomic E-state index is -1.24. The molecule has 0 aromatic heterocycles. The number of hydrogen-bond donors (Lipinski definition) is 1. The molecular weight excluding hydrogens is 312 g/mol. The van der Waals surface area contributed by atoms with Gasteiger partial charge in [0.1, 0.15) is 0 Å². The average molecular weight is 325 g/mol. The lowest BCUT2D eigenvalue weighted by atomic mass is 10.1. The van der Waals surface area contributed by atoms with Crippen LogP contribution >= 0.6 is 11.6 Å². The summed E-state index contributed by atoms with van der Waals surface area (Å²) in [4.78, 5) is 10.7. The van der Waals surface area contributed by atoms with E-state index in [1.807, 2.05) is 0 Å². The molecule has 0 aliphatic rings. The quantitative estimate of drug-likeness (QED) is 0.520. The first kappa shape index (κ1) is 15.5. The molecule has 0 fully saturated rings. The molecule has 0 radical (unpaired) electrons.